The van der Waals surface area contributed by atoms with E-state index in [2.05, 4.69) is 5.92 Å². The van der Waals surface area contributed by atoms with Gasteiger partial charge in [-0.25, -0.2) is 0 Å². The van der Waals surface area contributed by atoms with Crippen molar-refractivity contribution in [2.75, 3.05) is 13.2 Å². The molecule has 0 radical (unpaired) electrons. The van der Waals surface area contributed by atoms with Gasteiger partial charge in [0.25, 0.3) is 0 Å². The van der Waals surface area contributed by atoms with Gasteiger partial charge in [-0.1, -0.05) is 12.1 Å². The summed E-state index contributed by atoms with van der Waals surface area (Å²) in [6, 6.07) is 5.70. The monoisotopic (exact) mass is 217 g/mol. The Morgan fingerprint density at radius 2 is 2.19 bits per heavy atom. The third-order valence-corrected chi connectivity index (χ3v) is 2.60. The minimum atomic E-state index is -0.0901. The van der Waals surface area contributed by atoms with Gasteiger partial charge in [-0.3, -0.25) is 0 Å². The zero-order valence-corrected chi connectivity index (χ0v) is 9.11. The van der Waals surface area contributed by atoms with E-state index in [0.717, 1.165) is 23.5 Å². The van der Waals surface area contributed by atoms with Crippen LogP contribution in [-0.4, -0.2) is 13.2 Å². The topological polar surface area (TPSA) is 44.5 Å². The van der Waals surface area contributed by atoms with E-state index in [4.69, 9.17) is 21.6 Å². The Labute approximate surface area is 95.5 Å². The zero-order chi connectivity index (χ0) is 11.4. The fourth-order valence-electron chi connectivity index (χ4n) is 1.78. The highest BCUT2D eigenvalue weighted by molar-refractivity contribution is 5.48. The lowest BCUT2D eigenvalue weighted by atomic mass is 10.0. The van der Waals surface area contributed by atoms with Crippen LogP contribution in [0.2, 0.25) is 0 Å². The van der Waals surface area contributed by atoms with Crippen LogP contribution in [0.25, 0.3) is 0 Å². The van der Waals surface area contributed by atoms with Gasteiger partial charge < -0.3 is 15.2 Å². The number of terminal acetylenes is 1. The largest absolute Gasteiger partial charge is 0.486 e. The molecule has 1 atom stereocenters. The number of ether oxygens (including phenoxy) is 2. The summed E-state index contributed by atoms with van der Waals surface area (Å²) in [6.07, 6.45) is 6.66. The molecule has 0 aromatic heterocycles. The molecule has 2 N–H and O–H groups in total. The van der Waals surface area contributed by atoms with Crippen LogP contribution >= 0.6 is 0 Å². The van der Waals surface area contributed by atoms with Gasteiger partial charge in [-0.05, 0) is 12.5 Å². The van der Waals surface area contributed by atoms with Gasteiger partial charge in [0.05, 0.1) is 0 Å². The summed E-state index contributed by atoms with van der Waals surface area (Å²) in [5.74, 6) is 4.15. The number of hydrogen-bond acceptors (Lipinski definition) is 3. The van der Waals surface area contributed by atoms with E-state index in [1.807, 2.05) is 18.2 Å². The Hall–Kier alpha value is -1.66. The van der Waals surface area contributed by atoms with Crippen LogP contribution < -0.4 is 15.2 Å². The number of nitrogens with two attached hydrogens (primary N) is 1. The molecule has 1 heterocycles. The number of hydrogen-bond donors (Lipinski definition) is 1. The van der Waals surface area contributed by atoms with Crippen molar-refractivity contribution in [2.24, 2.45) is 5.73 Å². The van der Waals surface area contributed by atoms with Crippen LogP contribution in [0.15, 0.2) is 18.2 Å². The molecule has 0 saturated carbocycles. The summed E-state index contributed by atoms with van der Waals surface area (Å²) < 4.78 is 11.1. The number of benzene rings is 1. The van der Waals surface area contributed by atoms with Crippen molar-refractivity contribution in [3.8, 4) is 23.8 Å². The average Bonchev–Trinajstić information content (AvgIpc) is 2.35. The molecule has 1 aliphatic heterocycles. The van der Waals surface area contributed by atoms with Gasteiger partial charge in [0, 0.05) is 18.0 Å². The minimum absolute atomic E-state index is 0.0901. The number of para-hydroxylation sites is 1. The van der Waals surface area contributed by atoms with E-state index in [1.165, 1.54) is 0 Å². The molecule has 0 aliphatic carbocycles. The number of fused-ring (bicyclic) bond motifs is 1. The second kappa shape index (κ2) is 4.91. The molecule has 0 fully saturated rings. The van der Waals surface area contributed by atoms with E-state index in [0.29, 0.717) is 19.6 Å². The Morgan fingerprint density at radius 3 is 3.00 bits per heavy atom. The summed E-state index contributed by atoms with van der Waals surface area (Å²) in [5.41, 5.74) is 7.05. The van der Waals surface area contributed by atoms with Gasteiger partial charge in [-0.2, -0.15) is 0 Å². The molecule has 0 bridgehead atoms. The minimum Gasteiger partial charge on any atom is -0.486 e. The summed E-state index contributed by atoms with van der Waals surface area (Å²) >= 11 is 0. The molecule has 1 aromatic carbocycles. The van der Waals surface area contributed by atoms with Crippen LogP contribution in [0, 0.1) is 12.3 Å². The van der Waals surface area contributed by atoms with Crippen LogP contribution in [0.5, 0.6) is 11.5 Å². The van der Waals surface area contributed by atoms with E-state index in [9.17, 15) is 0 Å². The quantitative estimate of drug-likeness (QED) is 0.786. The second-order valence-electron chi connectivity index (χ2n) is 3.72. The van der Waals surface area contributed by atoms with Crippen LogP contribution in [0.3, 0.4) is 0 Å². The van der Waals surface area contributed by atoms with E-state index < -0.39 is 0 Å². The Kier molecular flexibility index (Phi) is 3.33. The fraction of sp³-hybridized carbons (Fsp3) is 0.385. The predicted octanol–water partition coefficient (Wildman–Crippen LogP) is 1.87. The van der Waals surface area contributed by atoms with Crippen LogP contribution in [0.1, 0.15) is 24.4 Å². The highest BCUT2D eigenvalue weighted by Gasteiger charge is 2.19. The number of rotatable bonds is 3. The van der Waals surface area contributed by atoms with Gasteiger partial charge in [0.2, 0.25) is 0 Å². The molecular formula is C13H15NO2. The van der Waals surface area contributed by atoms with Crippen molar-refractivity contribution >= 4 is 0 Å². The molecule has 16 heavy (non-hydrogen) atoms. The molecule has 0 amide bonds. The molecule has 84 valence electrons. The Morgan fingerprint density at radius 1 is 1.38 bits per heavy atom. The lowest BCUT2D eigenvalue weighted by Crippen LogP contribution is -2.19. The molecular weight excluding hydrogens is 202 g/mol. The summed E-state index contributed by atoms with van der Waals surface area (Å²) in [6.45, 7) is 1.17. The third-order valence-electron chi connectivity index (χ3n) is 2.60. The summed E-state index contributed by atoms with van der Waals surface area (Å²) in [7, 11) is 0. The average molecular weight is 217 g/mol. The molecule has 3 heteroatoms. The maximum absolute atomic E-state index is 6.07. The van der Waals surface area contributed by atoms with Crippen molar-refractivity contribution in [3.63, 3.8) is 0 Å². The van der Waals surface area contributed by atoms with Crippen molar-refractivity contribution in [1.82, 2.24) is 0 Å². The molecule has 3 nitrogen and oxygen atoms in total. The van der Waals surface area contributed by atoms with Gasteiger partial charge in [0.1, 0.15) is 13.2 Å². The SMILES string of the molecule is C#CCCC(N)c1cccc2c1OCCO2. The van der Waals surface area contributed by atoms with Gasteiger partial charge >= 0.3 is 0 Å². The lowest BCUT2D eigenvalue weighted by molar-refractivity contribution is 0.169. The lowest BCUT2D eigenvalue weighted by Gasteiger charge is -2.23. The second-order valence-corrected chi connectivity index (χ2v) is 3.72. The zero-order valence-electron chi connectivity index (χ0n) is 9.11. The molecule has 2 rings (SSSR count). The Balaban J connectivity index is 2.23. The molecule has 0 spiro atoms. The predicted molar refractivity (Wildman–Crippen MR) is 62.4 cm³/mol. The first-order valence-corrected chi connectivity index (χ1v) is 5.40. The molecule has 0 saturated heterocycles. The highest BCUT2D eigenvalue weighted by atomic mass is 16.6. The van der Waals surface area contributed by atoms with Crippen LogP contribution in [-0.2, 0) is 0 Å². The maximum Gasteiger partial charge on any atom is 0.166 e. The van der Waals surface area contributed by atoms with Crippen molar-refractivity contribution in [2.45, 2.75) is 18.9 Å². The molecule has 1 aliphatic rings. The smallest absolute Gasteiger partial charge is 0.166 e. The standard InChI is InChI=1S/C13H15NO2/c1-2-3-6-11(14)10-5-4-7-12-13(10)16-9-8-15-12/h1,4-5,7,11H,3,6,8-9,14H2. The van der Waals surface area contributed by atoms with Gasteiger partial charge in [-0.15, -0.1) is 12.3 Å². The van der Waals surface area contributed by atoms with Crippen LogP contribution in [0.4, 0.5) is 0 Å². The Bertz CT molecular complexity index is 409. The normalized spacial score (nSPS) is 15.2. The van der Waals surface area contributed by atoms with Crippen molar-refractivity contribution < 1.29 is 9.47 Å². The van der Waals surface area contributed by atoms with E-state index in [1.54, 1.807) is 0 Å². The first-order valence-electron chi connectivity index (χ1n) is 5.40. The van der Waals surface area contributed by atoms with Crippen molar-refractivity contribution in [1.29, 1.82) is 0 Å². The van der Waals surface area contributed by atoms with Gasteiger partial charge in [0.15, 0.2) is 11.5 Å². The van der Waals surface area contributed by atoms with Crippen molar-refractivity contribution in [3.05, 3.63) is 23.8 Å². The fourth-order valence-corrected chi connectivity index (χ4v) is 1.78. The summed E-state index contributed by atoms with van der Waals surface area (Å²) in [5, 5.41) is 0. The van der Waals surface area contributed by atoms with E-state index >= 15 is 0 Å². The third kappa shape index (κ3) is 2.12. The first-order chi connectivity index (χ1) is 7.83. The highest BCUT2D eigenvalue weighted by Crippen LogP contribution is 2.37. The molecule has 1 unspecified atom stereocenters. The maximum atomic E-state index is 6.07. The molecule has 1 aromatic rings. The first kappa shape index (κ1) is 10.8. The summed E-state index contributed by atoms with van der Waals surface area (Å²) in [4.78, 5) is 0. The van der Waals surface area contributed by atoms with E-state index in [-0.39, 0.29) is 6.04 Å².